The largest absolute Gasteiger partial charge is 0.495 e. The number of methoxy groups -OCH3 is 1. The number of carboxylic acids is 1. The van der Waals surface area contributed by atoms with Crippen molar-refractivity contribution in [3.8, 4) is 11.6 Å². The Morgan fingerprint density at radius 1 is 1.24 bits per heavy atom. The van der Waals surface area contributed by atoms with E-state index in [1.807, 2.05) is 13.8 Å². The van der Waals surface area contributed by atoms with Gasteiger partial charge in [0.2, 0.25) is 5.88 Å². The maximum atomic E-state index is 12.4. The molecule has 0 spiro atoms. The molecular weight excluding hydrogens is 324 g/mol. The molecule has 1 aromatic heterocycles. The first-order valence-electron chi connectivity index (χ1n) is 7.80. The van der Waals surface area contributed by atoms with Gasteiger partial charge >= 0.3 is 5.97 Å². The molecule has 1 unspecified atom stereocenters. The number of rotatable bonds is 7. The van der Waals surface area contributed by atoms with Crippen molar-refractivity contribution in [2.24, 2.45) is 0 Å². The second-order valence-electron chi connectivity index (χ2n) is 5.39. The van der Waals surface area contributed by atoms with Crippen molar-refractivity contribution in [2.75, 3.05) is 12.4 Å². The molecule has 132 valence electrons. The van der Waals surface area contributed by atoms with E-state index in [9.17, 15) is 9.59 Å². The van der Waals surface area contributed by atoms with Crippen LogP contribution in [0.25, 0.3) is 0 Å². The summed E-state index contributed by atoms with van der Waals surface area (Å²) >= 11 is 0. The molecule has 0 bridgehead atoms. The average molecular weight is 344 g/mol. The van der Waals surface area contributed by atoms with Crippen molar-refractivity contribution in [3.05, 3.63) is 47.7 Å². The van der Waals surface area contributed by atoms with Gasteiger partial charge in [0.1, 0.15) is 5.75 Å². The number of aromatic nitrogens is 1. The van der Waals surface area contributed by atoms with Crippen LogP contribution in [0.15, 0.2) is 36.5 Å². The van der Waals surface area contributed by atoms with Gasteiger partial charge in [0.05, 0.1) is 24.5 Å². The van der Waals surface area contributed by atoms with Crippen LogP contribution in [0.1, 0.15) is 41.0 Å². The Balaban J connectivity index is 2.19. The highest BCUT2D eigenvalue weighted by molar-refractivity contribution is 6.05. The maximum Gasteiger partial charge on any atom is 0.335 e. The Morgan fingerprint density at radius 3 is 2.64 bits per heavy atom. The Labute approximate surface area is 145 Å². The number of nitrogens with zero attached hydrogens (tertiary/aromatic N) is 1. The van der Waals surface area contributed by atoms with Crippen molar-refractivity contribution >= 4 is 17.6 Å². The summed E-state index contributed by atoms with van der Waals surface area (Å²) < 4.78 is 10.8. The SMILES string of the molecule is CCC(C)Oc1cc(C(=O)Nc2ccc(C(=O)O)cc2OC)ccn1. The summed E-state index contributed by atoms with van der Waals surface area (Å²) in [5.41, 5.74) is 0.819. The first-order chi connectivity index (χ1) is 11.9. The predicted molar refractivity (Wildman–Crippen MR) is 92.5 cm³/mol. The molecule has 7 heteroatoms. The Hall–Kier alpha value is -3.09. The third-order valence-electron chi connectivity index (χ3n) is 3.59. The summed E-state index contributed by atoms with van der Waals surface area (Å²) in [7, 11) is 1.40. The highest BCUT2D eigenvalue weighted by Crippen LogP contribution is 2.26. The molecule has 1 aromatic carbocycles. The molecule has 0 fully saturated rings. The van der Waals surface area contributed by atoms with Crippen LogP contribution in [0, 0.1) is 0 Å². The van der Waals surface area contributed by atoms with E-state index in [-0.39, 0.29) is 23.3 Å². The second-order valence-corrected chi connectivity index (χ2v) is 5.39. The molecule has 0 radical (unpaired) electrons. The number of pyridine rings is 1. The number of anilines is 1. The number of ether oxygens (including phenoxy) is 2. The van der Waals surface area contributed by atoms with Crippen molar-refractivity contribution < 1.29 is 24.2 Å². The minimum atomic E-state index is -1.07. The summed E-state index contributed by atoms with van der Waals surface area (Å²) in [5.74, 6) is -0.816. The lowest BCUT2D eigenvalue weighted by Crippen LogP contribution is -2.15. The number of carbonyl (C=O) groups is 2. The minimum absolute atomic E-state index is 0.00512. The molecule has 2 aromatic rings. The molecular formula is C18H20N2O5. The summed E-state index contributed by atoms with van der Waals surface area (Å²) in [4.78, 5) is 27.5. The lowest BCUT2D eigenvalue weighted by molar-refractivity contribution is 0.0696. The zero-order chi connectivity index (χ0) is 18.4. The van der Waals surface area contributed by atoms with E-state index < -0.39 is 5.97 Å². The number of nitrogens with one attached hydrogen (secondary N) is 1. The van der Waals surface area contributed by atoms with Gasteiger partial charge in [-0.05, 0) is 37.6 Å². The molecule has 0 aliphatic rings. The van der Waals surface area contributed by atoms with Crippen LogP contribution in [0.5, 0.6) is 11.6 Å². The Bertz CT molecular complexity index is 776. The first-order valence-corrected chi connectivity index (χ1v) is 7.80. The van der Waals surface area contributed by atoms with E-state index >= 15 is 0 Å². The summed E-state index contributed by atoms with van der Waals surface area (Å²) in [6.07, 6.45) is 2.32. The molecule has 1 heterocycles. The van der Waals surface area contributed by atoms with E-state index in [1.165, 1.54) is 31.5 Å². The molecule has 2 N–H and O–H groups in total. The third kappa shape index (κ3) is 4.69. The Kier molecular flexibility index (Phi) is 5.94. The number of aromatic carboxylic acids is 1. The smallest absolute Gasteiger partial charge is 0.335 e. The number of carbonyl (C=O) groups excluding carboxylic acids is 1. The van der Waals surface area contributed by atoms with Gasteiger partial charge in [-0.3, -0.25) is 4.79 Å². The first kappa shape index (κ1) is 18.3. The molecule has 25 heavy (non-hydrogen) atoms. The van der Waals surface area contributed by atoms with Crippen LogP contribution in [-0.4, -0.2) is 35.2 Å². The van der Waals surface area contributed by atoms with Crippen molar-refractivity contribution in [1.29, 1.82) is 0 Å². The van der Waals surface area contributed by atoms with Gasteiger partial charge < -0.3 is 19.9 Å². The maximum absolute atomic E-state index is 12.4. The van der Waals surface area contributed by atoms with Crippen LogP contribution in [-0.2, 0) is 0 Å². The van der Waals surface area contributed by atoms with E-state index in [1.54, 1.807) is 12.1 Å². The molecule has 1 amide bonds. The summed E-state index contributed by atoms with van der Waals surface area (Å²) in [6, 6.07) is 7.35. The standard InChI is InChI=1S/C18H20N2O5/c1-4-11(2)25-16-10-12(7-8-19-16)17(21)20-14-6-5-13(18(22)23)9-15(14)24-3/h5-11H,4H2,1-3H3,(H,20,21)(H,22,23). The molecule has 0 saturated carbocycles. The van der Waals surface area contributed by atoms with Crippen molar-refractivity contribution in [3.63, 3.8) is 0 Å². The van der Waals surface area contributed by atoms with Gasteiger partial charge in [-0.25, -0.2) is 9.78 Å². The monoisotopic (exact) mass is 344 g/mol. The minimum Gasteiger partial charge on any atom is -0.495 e. The zero-order valence-electron chi connectivity index (χ0n) is 14.3. The van der Waals surface area contributed by atoms with Crippen molar-refractivity contribution in [2.45, 2.75) is 26.4 Å². The second kappa shape index (κ2) is 8.14. The highest BCUT2D eigenvalue weighted by atomic mass is 16.5. The number of amides is 1. The van der Waals surface area contributed by atoms with Gasteiger partial charge in [0.15, 0.2) is 0 Å². The van der Waals surface area contributed by atoms with Gasteiger partial charge in [-0.2, -0.15) is 0 Å². The average Bonchev–Trinajstić information content (AvgIpc) is 2.61. The van der Waals surface area contributed by atoms with Crippen molar-refractivity contribution in [1.82, 2.24) is 4.98 Å². The fraction of sp³-hybridized carbons (Fsp3) is 0.278. The normalized spacial score (nSPS) is 11.5. The number of benzene rings is 1. The van der Waals surface area contributed by atoms with Gasteiger partial charge in [0, 0.05) is 17.8 Å². The third-order valence-corrected chi connectivity index (χ3v) is 3.59. The molecule has 0 aliphatic carbocycles. The van der Waals surface area contributed by atoms with Crippen LogP contribution in [0.2, 0.25) is 0 Å². The highest BCUT2D eigenvalue weighted by Gasteiger charge is 2.14. The quantitative estimate of drug-likeness (QED) is 0.800. The van der Waals surface area contributed by atoms with Gasteiger partial charge in [-0.15, -0.1) is 0 Å². The number of hydrogen-bond donors (Lipinski definition) is 2. The van der Waals surface area contributed by atoms with E-state index in [4.69, 9.17) is 14.6 Å². The zero-order valence-corrected chi connectivity index (χ0v) is 14.3. The van der Waals surface area contributed by atoms with Crippen LogP contribution < -0.4 is 14.8 Å². The topological polar surface area (TPSA) is 97.8 Å². The summed E-state index contributed by atoms with van der Waals surface area (Å²) in [5, 5.41) is 11.7. The molecule has 1 atom stereocenters. The molecule has 0 saturated heterocycles. The Morgan fingerprint density at radius 2 is 2.00 bits per heavy atom. The predicted octanol–water partition coefficient (Wildman–Crippen LogP) is 3.22. The fourth-order valence-electron chi connectivity index (χ4n) is 2.03. The van der Waals surface area contributed by atoms with E-state index in [0.29, 0.717) is 17.1 Å². The lowest BCUT2D eigenvalue weighted by Gasteiger charge is -2.13. The number of carboxylic acid groups (broad SMARTS) is 1. The van der Waals surface area contributed by atoms with Crippen LogP contribution in [0.4, 0.5) is 5.69 Å². The van der Waals surface area contributed by atoms with Gasteiger partial charge in [0.25, 0.3) is 5.91 Å². The van der Waals surface area contributed by atoms with Gasteiger partial charge in [-0.1, -0.05) is 6.92 Å². The fourth-order valence-corrected chi connectivity index (χ4v) is 2.03. The molecule has 0 aliphatic heterocycles. The molecule has 7 nitrogen and oxygen atoms in total. The lowest BCUT2D eigenvalue weighted by atomic mass is 10.1. The summed E-state index contributed by atoms with van der Waals surface area (Å²) in [6.45, 7) is 3.91. The number of hydrogen-bond acceptors (Lipinski definition) is 5. The van der Waals surface area contributed by atoms with Crippen LogP contribution in [0.3, 0.4) is 0 Å². The molecule has 2 rings (SSSR count). The van der Waals surface area contributed by atoms with Crippen LogP contribution >= 0.6 is 0 Å². The van der Waals surface area contributed by atoms with E-state index in [2.05, 4.69) is 10.3 Å². The van der Waals surface area contributed by atoms with E-state index in [0.717, 1.165) is 6.42 Å².